The van der Waals surface area contributed by atoms with E-state index in [1.165, 1.54) is 12.8 Å². The van der Waals surface area contributed by atoms with E-state index in [-0.39, 0.29) is 5.91 Å². The summed E-state index contributed by atoms with van der Waals surface area (Å²) in [7, 11) is 1.92. The molecule has 2 fully saturated rings. The zero-order chi connectivity index (χ0) is 21.7. The Balaban J connectivity index is 1.29. The first-order valence-corrected chi connectivity index (χ1v) is 11.4. The first-order valence-electron chi connectivity index (χ1n) is 11.4. The molecule has 8 nitrogen and oxygen atoms in total. The molecule has 0 radical (unpaired) electrons. The Morgan fingerprint density at radius 2 is 1.94 bits per heavy atom. The van der Waals surface area contributed by atoms with Crippen LogP contribution in [0.15, 0.2) is 42.9 Å². The molecule has 3 aromatic rings. The third-order valence-corrected chi connectivity index (χ3v) is 7.13. The molecular formula is C24H27N7O. The van der Waals surface area contributed by atoms with Crippen molar-refractivity contribution in [3.8, 4) is 11.1 Å². The van der Waals surface area contributed by atoms with Gasteiger partial charge in [0, 0.05) is 55.3 Å². The van der Waals surface area contributed by atoms with Crippen LogP contribution < -0.4 is 15.5 Å². The number of fused-ring (bicyclic) bond motifs is 1. The number of amides is 1. The zero-order valence-electron chi connectivity index (χ0n) is 18.2. The summed E-state index contributed by atoms with van der Waals surface area (Å²) in [5.74, 6) is 1.64. The van der Waals surface area contributed by atoms with E-state index in [0.29, 0.717) is 18.4 Å². The number of hydrogen-bond donors (Lipinski definition) is 2. The molecule has 1 unspecified atom stereocenters. The molecule has 6 rings (SSSR count). The largest absolute Gasteiger partial charge is 0.354 e. The van der Waals surface area contributed by atoms with Crippen molar-refractivity contribution in [1.29, 1.82) is 0 Å². The van der Waals surface area contributed by atoms with Crippen molar-refractivity contribution in [2.45, 2.75) is 50.1 Å². The molecule has 0 bridgehead atoms. The van der Waals surface area contributed by atoms with Crippen molar-refractivity contribution in [2.75, 3.05) is 16.8 Å². The summed E-state index contributed by atoms with van der Waals surface area (Å²) in [6.07, 6.45) is 12.0. The van der Waals surface area contributed by atoms with Gasteiger partial charge in [-0.3, -0.25) is 9.48 Å². The molecule has 8 heteroatoms. The van der Waals surface area contributed by atoms with Crippen molar-refractivity contribution in [2.24, 2.45) is 7.05 Å². The Labute approximate surface area is 187 Å². The van der Waals surface area contributed by atoms with Crippen LogP contribution in [0.2, 0.25) is 0 Å². The molecule has 1 aromatic carbocycles. The molecule has 1 spiro atoms. The number of carbonyl (C=O) groups is 1. The number of nitrogens with zero attached hydrogens (tertiary/aromatic N) is 5. The van der Waals surface area contributed by atoms with Crippen LogP contribution in [0.5, 0.6) is 0 Å². The van der Waals surface area contributed by atoms with E-state index >= 15 is 0 Å². The number of aromatic nitrogens is 4. The van der Waals surface area contributed by atoms with Gasteiger partial charge in [-0.15, -0.1) is 0 Å². The van der Waals surface area contributed by atoms with E-state index < -0.39 is 5.54 Å². The minimum absolute atomic E-state index is 0.142. The minimum Gasteiger partial charge on any atom is -0.354 e. The highest BCUT2D eigenvalue weighted by atomic mass is 16.2. The number of benzene rings is 1. The summed E-state index contributed by atoms with van der Waals surface area (Å²) < 4.78 is 1.80. The smallest absolute Gasteiger partial charge is 0.246 e. The fourth-order valence-electron chi connectivity index (χ4n) is 5.58. The van der Waals surface area contributed by atoms with E-state index in [0.717, 1.165) is 54.0 Å². The number of aryl methyl sites for hydroxylation is 1. The SMILES string of the molecule is Cn1cc(-c2ccc(Nc3ncc4c(n3)N(C3CCCC3)C3(CCNC3=O)C4)cc2)cn1. The minimum atomic E-state index is -0.490. The van der Waals surface area contributed by atoms with E-state index in [2.05, 4.69) is 37.7 Å². The van der Waals surface area contributed by atoms with Crippen LogP contribution in [-0.4, -0.2) is 43.8 Å². The van der Waals surface area contributed by atoms with E-state index in [4.69, 9.17) is 4.98 Å². The Morgan fingerprint density at radius 3 is 2.62 bits per heavy atom. The van der Waals surface area contributed by atoms with Gasteiger partial charge >= 0.3 is 0 Å². The van der Waals surface area contributed by atoms with Crippen molar-refractivity contribution in [3.05, 3.63) is 48.4 Å². The monoisotopic (exact) mass is 429 g/mol. The summed E-state index contributed by atoms with van der Waals surface area (Å²) in [6, 6.07) is 8.56. The highest BCUT2D eigenvalue weighted by Gasteiger charge is 2.55. The van der Waals surface area contributed by atoms with Gasteiger partial charge < -0.3 is 15.5 Å². The Kier molecular flexibility index (Phi) is 4.41. The summed E-state index contributed by atoms with van der Waals surface area (Å²) in [4.78, 5) is 24.8. The maximum atomic E-state index is 12.9. The highest BCUT2D eigenvalue weighted by Crippen LogP contribution is 2.46. The molecule has 1 saturated carbocycles. The summed E-state index contributed by atoms with van der Waals surface area (Å²) in [5.41, 5.74) is 3.71. The number of hydrogen-bond acceptors (Lipinski definition) is 6. The van der Waals surface area contributed by atoms with Crippen molar-refractivity contribution in [3.63, 3.8) is 0 Å². The van der Waals surface area contributed by atoms with Crippen LogP contribution in [0.25, 0.3) is 11.1 Å². The van der Waals surface area contributed by atoms with E-state index in [1.54, 1.807) is 4.68 Å². The van der Waals surface area contributed by atoms with Gasteiger partial charge in [0.1, 0.15) is 11.4 Å². The van der Waals surface area contributed by atoms with Crippen molar-refractivity contribution >= 4 is 23.4 Å². The van der Waals surface area contributed by atoms with Crippen LogP contribution in [-0.2, 0) is 18.3 Å². The molecule has 1 amide bonds. The maximum Gasteiger partial charge on any atom is 0.246 e. The predicted molar refractivity (Wildman–Crippen MR) is 123 cm³/mol. The molecule has 2 N–H and O–H groups in total. The van der Waals surface area contributed by atoms with Crippen LogP contribution in [0.3, 0.4) is 0 Å². The number of rotatable bonds is 4. The summed E-state index contributed by atoms with van der Waals surface area (Å²) in [6.45, 7) is 0.734. The Hall–Kier alpha value is -3.42. The molecular weight excluding hydrogens is 402 g/mol. The second-order valence-electron chi connectivity index (χ2n) is 9.17. The van der Waals surface area contributed by atoms with Crippen LogP contribution in [0.1, 0.15) is 37.7 Å². The third-order valence-electron chi connectivity index (χ3n) is 7.13. The lowest BCUT2D eigenvalue weighted by molar-refractivity contribution is -0.123. The van der Waals surface area contributed by atoms with Gasteiger partial charge in [-0.1, -0.05) is 25.0 Å². The van der Waals surface area contributed by atoms with Gasteiger partial charge in [-0.05, 0) is 37.0 Å². The van der Waals surface area contributed by atoms with E-state index in [9.17, 15) is 4.79 Å². The normalized spacial score (nSPS) is 22.5. The van der Waals surface area contributed by atoms with Gasteiger partial charge in [0.05, 0.1) is 6.20 Å². The van der Waals surface area contributed by atoms with Gasteiger partial charge in [0.15, 0.2) is 0 Å². The second kappa shape index (κ2) is 7.32. The fourth-order valence-corrected chi connectivity index (χ4v) is 5.58. The Morgan fingerprint density at radius 1 is 1.12 bits per heavy atom. The van der Waals surface area contributed by atoms with Gasteiger partial charge in [0.2, 0.25) is 11.9 Å². The molecule has 3 aliphatic rings. The first kappa shape index (κ1) is 19.3. The molecule has 1 atom stereocenters. The molecule has 2 aliphatic heterocycles. The van der Waals surface area contributed by atoms with Gasteiger partial charge in [-0.25, -0.2) is 4.98 Å². The van der Waals surface area contributed by atoms with Gasteiger partial charge in [0.25, 0.3) is 0 Å². The van der Waals surface area contributed by atoms with Crippen LogP contribution >= 0.6 is 0 Å². The van der Waals surface area contributed by atoms with Crippen LogP contribution in [0, 0.1) is 0 Å². The molecule has 32 heavy (non-hydrogen) atoms. The fraction of sp³-hybridized carbons (Fsp3) is 0.417. The van der Waals surface area contributed by atoms with Crippen LogP contribution in [0.4, 0.5) is 17.5 Å². The lowest BCUT2D eigenvalue weighted by Gasteiger charge is -2.38. The Bertz CT molecular complexity index is 1170. The lowest BCUT2D eigenvalue weighted by Crippen LogP contribution is -2.56. The van der Waals surface area contributed by atoms with Gasteiger partial charge in [-0.2, -0.15) is 10.1 Å². The molecule has 4 heterocycles. The highest BCUT2D eigenvalue weighted by molar-refractivity contribution is 5.94. The topological polar surface area (TPSA) is 88.0 Å². The average molecular weight is 430 g/mol. The molecule has 1 saturated heterocycles. The zero-order valence-corrected chi connectivity index (χ0v) is 18.2. The average Bonchev–Trinajstić information content (AvgIpc) is 3.57. The van der Waals surface area contributed by atoms with Crippen molar-refractivity contribution in [1.82, 2.24) is 25.1 Å². The number of nitrogens with one attached hydrogen (secondary N) is 2. The maximum absolute atomic E-state index is 12.9. The van der Waals surface area contributed by atoms with E-state index in [1.807, 2.05) is 37.8 Å². The first-order chi connectivity index (χ1) is 15.6. The lowest BCUT2D eigenvalue weighted by atomic mass is 9.91. The quantitative estimate of drug-likeness (QED) is 0.662. The summed E-state index contributed by atoms with van der Waals surface area (Å²) >= 11 is 0. The number of anilines is 3. The second-order valence-corrected chi connectivity index (χ2v) is 9.17. The van der Waals surface area contributed by atoms with Crippen molar-refractivity contribution < 1.29 is 4.79 Å². The molecule has 2 aromatic heterocycles. The summed E-state index contributed by atoms with van der Waals surface area (Å²) in [5, 5.41) is 10.7. The standard InChI is InChI=1S/C24H27N7O/c1-30-15-18(14-27-30)16-6-8-19(9-7-16)28-23-26-13-17-12-24(10-11-25-22(24)32)31(21(17)29-23)20-4-2-3-5-20/h6-9,13-15,20H,2-5,10-12H2,1H3,(H,25,32)(H,26,28,29). The predicted octanol–water partition coefficient (Wildman–Crippen LogP) is 3.18. The third kappa shape index (κ3) is 3.04. The molecule has 164 valence electrons. The molecule has 1 aliphatic carbocycles. The number of carbonyl (C=O) groups excluding carboxylic acids is 1.